The highest BCUT2D eigenvalue weighted by molar-refractivity contribution is 7.47. The first-order valence-corrected chi connectivity index (χ1v) is 22.8. The first-order valence-electron chi connectivity index (χ1n) is 21.3. The average molecular weight is 805 g/mol. The minimum atomic E-state index is -4.46. The molecule has 0 aromatic carbocycles. The Balaban J connectivity index is 2.59. The van der Waals surface area contributed by atoms with E-state index in [9.17, 15) is 34.4 Å². The van der Waals surface area contributed by atoms with Crippen LogP contribution in [0.25, 0.3) is 0 Å². The summed E-state index contributed by atoms with van der Waals surface area (Å²) in [6.07, 6.45) is 23.6. The molecule has 0 aromatic heterocycles. The number of aliphatic hydroxyl groups excluding tert-OH is 3. The van der Waals surface area contributed by atoms with Gasteiger partial charge in [-0.05, 0) is 25.2 Å². The summed E-state index contributed by atoms with van der Waals surface area (Å²) in [6.45, 7) is 3.93. The summed E-state index contributed by atoms with van der Waals surface area (Å²) in [6, 6.07) is 0. The zero-order valence-electron chi connectivity index (χ0n) is 35.0. The topological polar surface area (TPSA) is 169 Å². The molecule has 0 radical (unpaired) electrons. The van der Waals surface area contributed by atoms with E-state index in [2.05, 4.69) is 13.8 Å². The molecular weight excluding hydrogens is 725 g/mol. The van der Waals surface area contributed by atoms with Gasteiger partial charge in [-0.15, -0.1) is 0 Å². The minimum Gasteiger partial charge on any atom is -0.462 e. The number of carbonyl (C=O) groups is 2. The number of likely N-dealkylation sites (N-methyl/N-ethyl adjacent to an activating group) is 1. The van der Waals surface area contributed by atoms with E-state index in [0.717, 1.165) is 38.5 Å². The fraction of sp³-hybridized carbons (Fsp3) is 0.857. The predicted molar refractivity (Wildman–Crippen MR) is 217 cm³/mol. The second kappa shape index (κ2) is 30.4. The van der Waals surface area contributed by atoms with Crippen molar-refractivity contribution in [1.82, 2.24) is 0 Å². The largest absolute Gasteiger partial charge is 0.472 e. The number of nitrogens with zero attached hydrogens (tertiary/aromatic N) is 1. The van der Waals surface area contributed by atoms with Crippen molar-refractivity contribution in [3.8, 4) is 0 Å². The van der Waals surface area contributed by atoms with Gasteiger partial charge in [-0.2, -0.15) is 0 Å². The van der Waals surface area contributed by atoms with Crippen LogP contribution in [0, 0.1) is 11.8 Å². The lowest BCUT2D eigenvalue weighted by atomic mass is 9.89. The molecule has 12 nitrogen and oxygen atoms in total. The van der Waals surface area contributed by atoms with E-state index >= 15 is 0 Å². The van der Waals surface area contributed by atoms with Gasteiger partial charge in [0.2, 0.25) is 0 Å². The number of hydrogen-bond acceptors (Lipinski definition) is 10. The van der Waals surface area contributed by atoms with Crippen molar-refractivity contribution in [1.29, 1.82) is 0 Å². The highest BCUT2D eigenvalue weighted by Crippen LogP contribution is 2.43. The quantitative estimate of drug-likeness (QED) is 0.0164. The Hall–Kier alpha value is -1.63. The second-order valence-electron chi connectivity index (χ2n) is 16.4. The highest BCUT2D eigenvalue weighted by Gasteiger charge is 2.39. The summed E-state index contributed by atoms with van der Waals surface area (Å²) >= 11 is 0. The van der Waals surface area contributed by atoms with E-state index in [1.807, 2.05) is 21.1 Å². The van der Waals surface area contributed by atoms with Crippen LogP contribution >= 0.6 is 7.82 Å². The lowest BCUT2D eigenvalue weighted by molar-refractivity contribution is -0.870. The number of rotatable bonds is 34. The van der Waals surface area contributed by atoms with E-state index < -0.39 is 50.8 Å². The van der Waals surface area contributed by atoms with Gasteiger partial charge in [0, 0.05) is 18.8 Å². The molecule has 0 amide bonds. The van der Waals surface area contributed by atoms with E-state index in [-0.39, 0.29) is 44.3 Å². The maximum absolute atomic E-state index is 12.8. The molecule has 322 valence electrons. The van der Waals surface area contributed by atoms with Crippen LogP contribution in [0.3, 0.4) is 0 Å². The van der Waals surface area contributed by atoms with Gasteiger partial charge in [-0.25, -0.2) is 4.57 Å². The minimum absolute atomic E-state index is 0.0243. The molecule has 0 aliphatic heterocycles. The molecule has 1 fully saturated rings. The van der Waals surface area contributed by atoms with Crippen molar-refractivity contribution in [2.75, 3.05) is 47.5 Å². The molecule has 1 saturated carbocycles. The van der Waals surface area contributed by atoms with E-state index in [4.69, 9.17) is 18.5 Å². The Bertz CT molecular complexity index is 1110. The number of carbonyl (C=O) groups excluding carboxylic acids is 2. The molecule has 0 bridgehead atoms. The number of ether oxygens (including phenoxy) is 2. The molecule has 1 unspecified atom stereocenters. The standard InChI is InChI=1S/C42H78NO11P/c1-6-8-10-11-12-13-14-15-16-17-18-19-21-26-41(47)51-33-36(34-53-55(49,50)52-31-30-43(3,4)5)54-42(48)27-23-22-25-37-38(40(46)32-39(37)45)29-28-35(44)24-20-9-7-2/h22-23,28-29,35-40,44-46H,6-21,24-27,30-34H2,1-5H3/p+1/b23-22-,29-28+/t35-,36-,37+,38-,39+,40-/m1/s1. The van der Waals surface area contributed by atoms with Crippen LogP contribution < -0.4 is 0 Å². The lowest BCUT2D eigenvalue weighted by Gasteiger charge is -2.24. The number of aliphatic hydroxyl groups is 3. The number of phosphoric acid groups is 1. The maximum Gasteiger partial charge on any atom is 0.472 e. The van der Waals surface area contributed by atoms with Crippen molar-refractivity contribution in [3.63, 3.8) is 0 Å². The van der Waals surface area contributed by atoms with Crippen LogP contribution in [0.2, 0.25) is 0 Å². The Morgan fingerprint density at radius 2 is 1.36 bits per heavy atom. The van der Waals surface area contributed by atoms with Gasteiger partial charge in [0.05, 0.1) is 52.5 Å². The molecule has 1 rings (SSSR count). The average Bonchev–Trinajstić information content (AvgIpc) is 3.39. The normalized spacial score (nSPS) is 21.3. The van der Waals surface area contributed by atoms with Crippen molar-refractivity contribution >= 4 is 19.8 Å². The van der Waals surface area contributed by atoms with Gasteiger partial charge in [0.15, 0.2) is 6.10 Å². The van der Waals surface area contributed by atoms with Gasteiger partial charge in [-0.3, -0.25) is 18.6 Å². The summed E-state index contributed by atoms with van der Waals surface area (Å²) in [4.78, 5) is 35.5. The van der Waals surface area contributed by atoms with Crippen LogP contribution in [-0.4, -0.2) is 109 Å². The van der Waals surface area contributed by atoms with Crippen LogP contribution in [0.5, 0.6) is 0 Å². The predicted octanol–water partition coefficient (Wildman–Crippen LogP) is 7.95. The smallest absolute Gasteiger partial charge is 0.462 e. The Labute approximate surface area is 333 Å². The zero-order chi connectivity index (χ0) is 41.0. The fourth-order valence-corrected chi connectivity index (χ4v) is 7.38. The third kappa shape index (κ3) is 27.6. The SMILES string of the molecule is CCCCCCCCCCCCCCCC(=O)OC[C@H](COP(=O)(O)OCC[N+](C)(C)C)OC(=O)C/C=C\C[C@H]1[C@@H](/C=C/[C@H](O)CCCCC)[C@H](O)C[C@@H]1O. The van der Waals surface area contributed by atoms with Gasteiger partial charge in [0.25, 0.3) is 0 Å². The molecule has 0 spiro atoms. The Morgan fingerprint density at radius 3 is 1.96 bits per heavy atom. The summed E-state index contributed by atoms with van der Waals surface area (Å²) < 4.78 is 34.1. The molecule has 0 aromatic rings. The highest BCUT2D eigenvalue weighted by atomic mass is 31.2. The monoisotopic (exact) mass is 805 g/mol. The molecular formula is C42H79NO11P+. The first kappa shape index (κ1) is 51.4. The van der Waals surface area contributed by atoms with Crippen LogP contribution in [-0.2, 0) is 32.7 Å². The molecule has 0 heterocycles. The molecule has 1 aliphatic carbocycles. The summed E-state index contributed by atoms with van der Waals surface area (Å²) in [5.74, 6) is -1.71. The Morgan fingerprint density at radius 1 is 0.782 bits per heavy atom. The van der Waals surface area contributed by atoms with Gasteiger partial charge in [0.1, 0.15) is 19.8 Å². The number of quaternary nitrogens is 1. The van der Waals surface area contributed by atoms with Gasteiger partial charge in [-0.1, -0.05) is 134 Å². The number of hydrogen-bond donors (Lipinski definition) is 4. The van der Waals surface area contributed by atoms with E-state index in [1.165, 1.54) is 57.8 Å². The maximum atomic E-state index is 12.8. The molecule has 55 heavy (non-hydrogen) atoms. The number of esters is 2. The van der Waals surface area contributed by atoms with E-state index in [1.54, 1.807) is 24.3 Å². The number of allylic oxidation sites excluding steroid dienone is 1. The van der Waals surface area contributed by atoms with Gasteiger partial charge >= 0.3 is 19.8 Å². The number of phosphoric ester groups is 1. The van der Waals surface area contributed by atoms with Crippen LogP contribution in [0.15, 0.2) is 24.3 Å². The second-order valence-corrected chi connectivity index (χ2v) is 17.8. The molecule has 4 N–H and O–H groups in total. The zero-order valence-corrected chi connectivity index (χ0v) is 35.9. The summed E-state index contributed by atoms with van der Waals surface area (Å²) in [7, 11) is 1.28. The molecule has 0 saturated heterocycles. The first-order chi connectivity index (χ1) is 26.2. The number of unbranched alkanes of at least 4 members (excludes halogenated alkanes) is 14. The summed E-state index contributed by atoms with van der Waals surface area (Å²) in [5.41, 5.74) is 0. The van der Waals surface area contributed by atoms with Crippen LogP contribution in [0.4, 0.5) is 0 Å². The van der Waals surface area contributed by atoms with E-state index in [0.29, 0.717) is 30.3 Å². The van der Waals surface area contributed by atoms with Crippen molar-refractivity contribution in [3.05, 3.63) is 24.3 Å². The molecule has 7 atom stereocenters. The van der Waals surface area contributed by atoms with Crippen molar-refractivity contribution < 1.29 is 57.4 Å². The molecule has 13 heteroatoms. The Kier molecular flexibility index (Phi) is 28.4. The van der Waals surface area contributed by atoms with Crippen LogP contribution in [0.1, 0.15) is 149 Å². The van der Waals surface area contributed by atoms with Crippen molar-refractivity contribution in [2.24, 2.45) is 11.8 Å². The fourth-order valence-electron chi connectivity index (χ4n) is 6.64. The summed E-state index contributed by atoms with van der Waals surface area (Å²) in [5, 5.41) is 31.4. The van der Waals surface area contributed by atoms with Crippen molar-refractivity contribution in [2.45, 2.75) is 173 Å². The third-order valence-corrected chi connectivity index (χ3v) is 11.1. The third-order valence-electron chi connectivity index (χ3n) is 10.1. The molecule has 1 aliphatic rings. The lowest BCUT2D eigenvalue weighted by Crippen LogP contribution is -2.37. The van der Waals surface area contributed by atoms with Gasteiger partial charge < -0.3 is 34.2 Å².